The maximum absolute atomic E-state index is 12.3. The third-order valence-electron chi connectivity index (χ3n) is 4.47. The largest absolute Gasteiger partial charge is 0.494 e. The van der Waals surface area contributed by atoms with E-state index in [0.29, 0.717) is 5.16 Å². The quantitative estimate of drug-likeness (QED) is 0.409. The molecule has 1 heterocycles. The van der Waals surface area contributed by atoms with Gasteiger partial charge in [-0.15, -0.1) is 10.2 Å². The van der Waals surface area contributed by atoms with Crippen molar-refractivity contribution in [3.05, 3.63) is 54.1 Å². The van der Waals surface area contributed by atoms with Crippen LogP contribution in [0.4, 0.5) is 5.69 Å². The van der Waals surface area contributed by atoms with Gasteiger partial charge in [0, 0.05) is 18.3 Å². The molecule has 0 fully saturated rings. The highest BCUT2D eigenvalue weighted by molar-refractivity contribution is 7.99. The van der Waals surface area contributed by atoms with E-state index in [4.69, 9.17) is 4.74 Å². The van der Waals surface area contributed by atoms with Crippen LogP contribution in [0, 0.1) is 6.92 Å². The highest BCUT2D eigenvalue weighted by Crippen LogP contribution is 2.25. The maximum Gasteiger partial charge on any atom is 0.234 e. The Hall–Kier alpha value is -2.80. The van der Waals surface area contributed by atoms with E-state index in [1.807, 2.05) is 67.1 Å². The van der Waals surface area contributed by atoms with Gasteiger partial charge in [0.05, 0.1) is 12.4 Å². The second-order valence-electron chi connectivity index (χ2n) is 6.74. The number of amides is 1. The lowest BCUT2D eigenvalue weighted by Gasteiger charge is -2.08. The molecule has 1 amide bonds. The monoisotopic (exact) mass is 410 g/mol. The summed E-state index contributed by atoms with van der Waals surface area (Å²) >= 11 is 1.37. The van der Waals surface area contributed by atoms with Gasteiger partial charge >= 0.3 is 0 Å². The first-order valence-electron chi connectivity index (χ1n) is 9.69. The molecular formula is C22H26N4O2S. The Morgan fingerprint density at radius 3 is 2.62 bits per heavy atom. The normalized spacial score (nSPS) is 10.7. The fourth-order valence-corrected chi connectivity index (χ4v) is 3.47. The number of aryl methyl sites for hydroxylation is 1. The first-order valence-corrected chi connectivity index (χ1v) is 10.7. The number of para-hydroxylation sites is 1. The number of nitrogens with zero attached hydrogens (tertiary/aromatic N) is 3. The van der Waals surface area contributed by atoms with Gasteiger partial charge in [0.1, 0.15) is 5.75 Å². The Morgan fingerprint density at radius 1 is 1.14 bits per heavy atom. The van der Waals surface area contributed by atoms with Crippen LogP contribution >= 0.6 is 11.8 Å². The standard InChI is InChI=1S/C22H26N4O2S/c1-4-5-14-28-18-12-10-17(11-13-18)21-24-25-22(26(21)3)29-15-20(27)23-19-9-7-6-8-16(19)2/h6-13H,4-5,14-15H2,1-3H3,(H,23,27). The fourth-order valence-electron chi connectivity index (χ4n) is 2.76. The summed E-state index contributed by atoms with van der Waals surface area (Å²) in [6.45, 7) is 4.84. The summed E-state index contributed by atoms with van der Waals surface area (Å²) in [5.41, 5.74) is 2.82. The third-order valence-corrected chi connectivity index (χ3v) is 5.49. The summed E-state index contributed by atoms with van der Waals surface area (Å²) < 4.78 is 7.60. The number of benzene rings is 2. The molecule has 6 nitrogen and oxygen atoms in total. The van der Waals surface area contributed by atoms with Crippen LogP contribution < -0.4 is 10.1 Å². The Balaban J connectivity index is 1.59. The lowest BCUT2D eigenvalue weighted by Crippen LogP contribution is -2.15. The van der Waals surface area contributed by atoms with Crippen molar-refractivity contribution in [2.45, 2.75) is 31.8 Å². The smallest absolute Gasteiger partial charge is 0.234 e. The summed E-state index contributed by atoms with van der Waals surface area (Å²) in [6.07, 6.45) is 2.16. The molecule has 29 heavy (non-hydrogen) atoms. The molecule has 0 bridgehead atoms. The third kappa shape index (κ3) is 5.60. The van der Waals surface area contributed by atoms with Crippen molar-refractivity contribution in [1.82, 2.24) is 14.8 Å². The Labute approximate surface area is 175 Å². The van der Waals surface area contributed by atoms with Crippen LogP contribution in [0.5, 0.6) is 5.75 Å². The van der Waals surface area contributed by atoms with Gasteiger partial charge in [-0.05, 0) is 49.2 Å². The number of carbonyl (C=O) groups excluding carboxylic acids is 1. The van der Waals surface area contributed by atoms with E-state index >= 15 is 0 Å². The number of nitrogens with one attached hydrogen (secondary N) is 1. The predicted molar refractivity (Wildman–Crippen MR) is 117 cm³/mol. The van der Waals surface area contributed by atoms with Crippen molar-refractivity contribution < 1.29 is 9.53 Å². The molecule has 0 unspecified atom stereocenters. The van der Waals surface area contributed by atoms with Crippen molar-refractivity contribution in [3.8, 4) is 17.1 Å². The molecular weight excluding hydrogens is 384 g/mol. The molecule has 152 valence electrons. The van der Waals surface area contributed by atoms with E-state index in [9.17, 15) is 4.79 Å². The van der Waals surface area contributed by atoms with Crippen LogP contribution in [-0.2, 0) is 11.8 Å². The van der Waals surface area contributed by atoms with Crippen LogP contribution in [0.2, 0.25) is 0 Å². The average Bonchev–Trinajstić information content (AvgIpc) is 3.09. The molecule has 0 radical (unpaired) electrons. The second kappa shape index (κ2) is 10.1. The molecule has 2 aromatic carbocycles. The zero-order chi connectivity index (χ0) is 20.6. The van der Waals surface area contributed by atoms with E-state index in [1.54, 1.807) is 0 Å². The highest BCUT2D eigenvalue weighted by atomic mass is 32.2. The molecule has 0 aliphatic carbocycles. The van der Waals surface area contributed by atoms with Crippen LogP contribution in [-0.4, -0.2) is 33.0 Å². The number of hydrogen-bond acceptors (Lipinski definition) is 5. The van der Waals surface area contributed by atoms with Crippen LogP contribution in [0.15, 0.2) is 53.7 Å². The van der Waals surface area contributed by atoms with Gasteiger partial charge < -0.3 is 14.6 Å². The fraction of sp³-hybridized carbons (Fsp3) is 0.318. The zero-order valence-electron chi connectivity index (χ0n) is 17.0. The van der Waals surface area contributed by atoms with Gasteiger partial charge in [-0.25, -0.2) is 0 Å². The van der Waals surface area contributed by atoms with Crippen molar-refractivity contribution >= 4 is 23.4 Å². The van der Waals surface area contributed by atoms with Crippen LogP contribution in [0.3, 0.4) is 0 Å². The molecule has 1 aromatic heterocycles. The zero-order valence-corrected chi connectivity index (χ0v) is 17.8. The summed E-state index contributed by atoms with van der Waals surface area (Å²) in [7, 11) is 1.91. The second-order valence-corrected chi connectivity index (χ2v) is 7.69. The molecule has 0 spiro atoms. The van der Waals surface area contributed by atoms with Gasteiger partial charge in [0.2, 0.25) is 5.91 Å². The summed E-state index contributed by atoms with van der Waals surface area (Å²) in [5.74, 6) is 1.81. The van der Waals surface area contributed by atoms with E-state index in [2.05, 4.69) is 22.4 Å². The molecule has 0 saturated heterocycles. The summed E-state index contributed by atoms with van der Waals surface area (Å²) in [5, 5.41) is 12.2. The van der Waals surface area contributed by atoms with Gasteiger partial charge in [-0.1, -0.05) is 43.3 Å². The predicted octanol–water partition coefficient (Wildman–Crippen LogP) is 4.70. The minimum absolute atomic E-state index is 0.0672. The maximum atomic E-state index is 12.3. The number of carbonyl (C=O) groups is 1. The number of ether oxygens (including phenoxy) is 1. The number of unbranched alkanes of at least 4 members (excludes halogenated alkanes) is 1. The van der Waals surface area contributed by atoms with Gasteiger partial charge in [0.25, 0.3) is 0 Å². The van der Waals surface area contributed by atoms with Gasteiger partial charge in [0.15, 0.2) is 11.0 Å². The Bertz CT molecular complexity index is 954. The van der Waals surface area contributed by atoms with Crippen LogP contribution in [0.1, 0.15) is 25.3 Å². The van der Waals surface area contributed by atoms with Crippen molar-refractivity contribution in [1.29, 1.82) is 0 Å². The molecule has 3 aromatic rings. The molecule has 0 aliphatic heterocycles. The number of hydrogen-bond donors (Lipinski definition) is 1. The van der Waals surface area contributed by atoms with E-state index in [-0.39, 0.29) is 11.7 Å². The average molecular weight is 411 g/mol. The molecule has 7 heteroatoms. The van der Waals surface area contributed by atoms with Gasteiger partial charge in [-0.3, -0.25) is 4.79 Å². The topological polar surface area (TPSA) is 69.0 Å². The highest BCUT2D eigenvalue weighted by Gasteiger charge is 2.13. The first-order chi connectivity index (χ1) is 14.1. The summed E-state index contributed by atoms with van der Waals surface area (Å²) in [4.78, 5) is 12.3. The number of rotatable bonds is 9. The van der Waals surface area contributed by atoms with E-state index in [0.717, 1.165) is 47.8 Å². The molecule has 3 rings (SSSR count). The lowest BCUT2D eigenvalue weighted by molar-refractivity contribution is -0.113. The lowest BCUT2D eigenvalue weighted by atomic mass is 10.2. The van der Waals surface area contributed by atoms with Crippen LogP contribution in [0.25, 0.3) is 11.4 Å². The number of anilines is 1. The number of aromatic nitrogens is 3. The van der Waals surface area contributed by atoms with E-state index < -0.39 is 0 Å². The summed E-state index contributed by atoms with van der Waals surface area (Å²) in [6, 6.07) is 15.6. The van der Waals surface area contributed by atoms with Gasteiger partial charge in [-0.2, -0.15) is 0 Å². The molecule has 0 atom stereocenters. The molecule has 0 aliphatic rings. The Kier molecular flexibility index (Phi) is 7.30. The minimum Gasteiger partial charge on any atom is -0.494 e. The van der Waals surface area contributed by atoms with E-state index in [1.165, 1.54) is 11.8 Å². The van der Waals surface area contributed by atoms with Crippen molar-refractivity contribution in [2.75, 3.05) is 17.7 Å². The van der Waals surface area contributed by atoms with Crippen molar-refractivity contribution in [2.24, 2.45) is 7.05 Å². The minimum atomic E-state index is -0.0672. The SMILES string of the molecule is CCCCOc1ccc(-c2nnc(SCC(=O)Nc3ccccc3C)n2C)cc1. The number of thioether (sulfide) groups is 1. The van der Waals surface area contributed by atoms with Crippen molar-refractivity contribution in [3.63, 3.8) is 0 Å². The molecule has 1 N–H and O–H groups in total. The molecule has 0 saturated carbocycles. The Morgan fingerprint density at radius 2 is 1.90 bits per heavy atom. The first kappa shape index (κ1) is 20.9.